The quantitative estimate of drug-likeness (QED) is 0.336. The normalized spacial score (nSPS) is 11.1. The molecule has 0 atom stereocenters. The zero-order chi connectivity index (χ0) is 24.7. The van der Waals surface area contributed by atoms with Crippen LogP contribution in [0.25, 0.3) is 27.9 Å². The van der Waals surface area contributed by atoms with Crippen molar-refractivity contribution >= 4 is 22.7 Å². The molecule has 5 nitrogen and oxygen atoms in total. The van der Waals surface area contributed by atoms with Crippen molar-refractivity contribution < 1.29 is 22.4 Å². The second kappa shape index (κ2) is 8.64. The number of amides is 1. The van der Waals surface area contributed by atoms with Crippen LogP contribution in [0.3, 0.4) is 0 Å². The Morgan fingerprint density at radius 1 is 0.914 bits per heavy atom. The van der Waals surface area contributed by atoms with Crippen LogP contribution in [-0.2, 0) is 0 Å². The Bertz CT molecular complexity index is 1650. The van der Waals surface area contributed by atoms with Crippen LogP contribution in [0.2, 0.25) is 0 Å². The topological polar surface area (TPSA) is 64.2 Å². The van der Waals surface area contributed by atoms with Crippen molar-refractivity contribution in [3.8, 4) is 16.8 Å². The number of carbonyl (C=O) groups excluding carboxylic acids is 1. The first kappa shape index (κ1) is 22.2. The molecule has 1 amide bonds. The molecule has 1 N–H and O–H groups in total. The molecule has 0 radical (unpaired) electrons. The van der Waals surface area contributed by atoms with Gasteiger partial charge in [-0.2, -0.15) is 0 Å². The maximum absolute atomic E-state index is 14.4. The predicted molar refractivity (Wildman–Crippen MR) is 126 cm³/mol. The molecule has 0 saturated heterocycles. The summed E-state index contributed by atoms with van der Waals surface area (Å²) in [6.45, 7) is 1.77. The summed E-state index contributed by atoms with van der Waals surface area (Å²) < 4.78 is 47.8. The molecule has 5 rings (SSSR count). The third kappa shape index (κ3) is 3.99. The third-order valence-corrected chi connectivity index (χ3v) is 5.67. The maximum Gasteiger partial charge on any atom is 0.424 e. The molecule has 1 aromatic heterocycles. The molecule has 0 aliphatic heterocycles. The Kier molecular flexibility index (Phi) is 5.49. The van der Waals surface area contributed by atoms with Gasteiger partial charge in [-0.15, -0.1) is 0 Å². The SMILES string of the molecule is Cc1ccc(-c2cccc3c2oc(=O)n3-c2cccc(F)c2F)cc1C(=O)Nc1ccc(F)cc1. The minimum atomic E-state index is -1.17. The molecular formula is C27H17F3N2O3. The molecule has 1 heterocycles. The summed E-state index contributed by atoms with van der Waals surface area (Å²) in [6, 6.07) is 19.0. The molecule has 5 aromatic rings. The Balaban J connectivity index is 1.60. The second-order valence-corrected chi connectivity index (χ2v) is 7.92. The number of nitrogens with zero attached hydrogens (tertiary/aromatic N) is 1. The van der Waals surface area contributed by atoms with Gasteiger partial charge in [0.1, 0.15) is 5.82 Å². The number of nitrogens with one attached hydrogen (secondary N) is 1. The van der Waals surface area contributed by atoms with Crippen molar-refractivity contribution in [1.29, 1.82) is 0 Å². The second-order valence-electron chi connectivity index (χ2n) is 7.92. The maximum atomic E-state index is 14.4. The van der Waals surface area contributed by atoms with Crippen molar-refractivity contribution in [2.45, 2.75) is 6.92 Å². The number of hydrogen-bond acceptors (Lipinski definition) is 3. The number of para-hydroxylation sites is 1. The van der Waals surface area contributed by atoms with Crippen LogP contribution in [0.4, 0.5) is 18.9 Å². The summed E-state index contributed by atoms with van der Waals surface area (Å²) in [5.74, 6) is -3.95. The molecular weight excluding hydrogens is 457 g/mol. The van der Waals surface area contributed by atoms with Gasteiger partial charge in [0.25, 0.3) is 5.91 Å². The molecule has 35 heavy (non-hydrogen) atoms. The third-order valence-electron chi connectivity index (χ3n) is 5.67. The first-order chi connectivity index (χ1) is 16.8. The van der Waals surface area contributed by atoms with Crippen LogP contribution in [0.15, 0.2) is 88.1 Å². The van der Waals surface area contributed by atoms with Crippen molar-refractivity contribution in [2.75, 3.05) is 5.32 Å². The number of oxazole rings is 1. The molecule has 0 bridgehead atoms. The smallest absolute Gasteiger partial charge is 0.407 e. The fourth-order valence-electron chi connectivity index (χ4n) is 3.93. The zero-order valence-electron chi connectivity index (χ0n) is 18.3. The lowest BCUT2D eigenvalue weighted by Crippen LogP contribution is -2.13. The van der Waals surface area contributed by atoms with Crippen molar-refractivity contribution in [3.05, 3.63) is 118 Å². The van der Waals surface area contributed by atoms with Crippen molar-refractivity contribution in [2.24, 2.45) is 0 Å². The number of benzene rings is 4. The first-order valence-electron chi connectivity index (χ1n) is 10.6. The Morgan fingerprint density at radius 2 is 1.66 bits per heavy atom. The summed E-state index contributed by atoms with van der Waals surface area (Å²) in [7, 11) is 0. The number of aryl methyl sites for hydroxylation is 1. The molecule has 0 saturated carbocycles. The fraction of sp³-hybridized carbons (Fsp3) is 0.0370. The van der Waals surface area contributed by atoms with Gasteiger partial charge in [-0.3, -0.25) is 4.79 Å². The number of aromatic nitrogens is 1. The van der Waals surface area contributed by atoms with Gasteiger partial charge < -0.3 is 9.73 Å². The lowest BCUT2D eigenvalue weighted by atomic mass is 9.98. The van der Waals surface area contributed by atoms with Crippen LogP contribution in [0, 0.1) is 24.4 Å². The van der Waals surface area contributed by atoms with Gasteiger partial charge in [-0.25, -0.2) is 22.5 Å². The van der Waals surface area contributed by atoms with E-state index in [1.54, 1.807) is 43.3 Å². The zero-order valence-corrected chi connectivity index (χ0v) is 18.3. The highest BCUT2D eigenvalue weighted by molar-refractivity contribution is 6.06. The summed E-state index contributed by atoms with van der Waals surface area (Å²) in [5.41, 5.74) is 2.70. The minimum Gasteiger partial charge on any atom is -0.407 e. The number of hydrogen-bond donors (Lipinski definition) is 1. The van der Waals surface area contributed by atoms with Crippen LogP contribution in [0.1, 0.15) is 15.9 Å². The van der Waals surface area contributed by atoms with Gasteiger partial charge in [0.05, 0.1) is 11.2 Å². The van der Waals surface area contributed by atoms with E-state index in [2.05, 4.69) is 5.32 Å². The fourth-order valence-corrected chi connectivity index (χ4v) is 3.93. The Morgan fingerprint density at radius 3 is 2.43 bits per heavy atom. The minimum absolute atomic E-state index is 0.162. The first-order valence-corrected chi connectivity index (χ1v) is 10.6. The summed E-state index contributed by atoms with van der Waals surface area (Å²) in [6.07, 6.45) is 0. The van der Waals surface area contributed by atoms with Crippen molar-refractivity contribution in [1.82, 2.24) is 4.57 Å². The molecule has 0 aliphatic rings. The molecule has 0 spiro atoms. The van der Waals surface area contributed by atoms with E-state index in [-0.39, 0.29) is 16.8 Å². The highest BCUT2D eigenvalue weighted by Crippen LogP contribution is 2.31. The average molecular weight is 474 g/mol. The van der Waals surface area contributed by atoms with Crippen LogP contribution in [-0.4, -0.2) is 10.5 Å². The standard InChI is InChI=1S/C27H17F3N2O3/c1-15-8-9-16(14-20(15)26(33)31-18-12-10-17(28)11-13-18)19-4-2-7-23-25(19)35-27(34)32(23)22-6-3-5-21(29)24(22)30/h2-14H,1H3,(H,31,33). The number of halogens is 3. The van der Waals surface area contributed by atoms with Crippen molar-refractivity contribution in [3.63, 3.8) is 0 Å². The van der Waals surface area contributed by atoms with E-state index in [1.165, 1.54) is 36.4 Å². The number of anilines is 1. The van der Waals surface area contributed by atoms with Crippen LogP contribution < -0.4 is 11.1 Å². The Labute approximate surface area is 197 Å². The van der Waals surface area contributed by atoms with E-state index in [1.807, 2.05) is 0 Å². The van der Waals surface area contributed by atoms with Gasteiger partial charge in [0, 0.05) is 16.8 Å². The van der Waals surface area contributed by atoms with Gasteiger partial charge in [-0.05, 0) is 66.6 Å². The van der Waals surface area contributed by atoms with Gasteiger partial charge in [0.2, 0.25) is 0 Å². The van der Waals surface area contributed by atoms with E-state index in [0.717, 1.165) is 10.6 Å². The van der Waals surface area contributed by atoms with E-state index in [4.69, 9.17) is 4.42 Å². The number of carbonyl (C=O) groups is 1. The largest absolute Gasteiger partial charge is 0.424 e. The summed E-state index contributed by atoms with van der Waals surface area (Å²) in [4.78, 5) is 25.6. The van der Waals surface area contributed by atoms with E-state index in [0.29, 0.717) is 27.9 Å². The van der Waals surface area contributed by atoms with Crippen LogP contribution in [0.5, 0.6) is 0 Å². The van der Waals surface area contributed by atoms with Gasteiger partial charge >= 0.3 is 5.76 Å². The molecule has 4 aromatic carbocycles. The average Bonchev–Trinajstić information content (AvgIpc) is 3.18. The molecule has 0 aliphatic carbocycles. The predicted octanol–water partition coefficient (Wildman–Crippen LogP) is 6.23. The summed E-state index contributed by atoms with van der Waals surface area (Å²) >= 11 is 0. The van der Waals surface area contributed by atoms with E-state index < -0.39 is 29.1 Å². The van der Waals surface area contributed by atoms with E-state index >= 15 is 0 Å². The lowest BCUT2D eigenvalue weighted by Gasteiger charge is -2.11. The van der Waals surface area contributed by atoms with Gasteiger partial charge in [-0.1, -0.05) is 30.3 Å². The molecule has 174 valence electrons. The lowest BCUT2D eigenvalue weighted by molar-refractivity contribution is 0.102. The molecule has 0 fully saturated rings. The molecule has 8 heteroatoms. The van der Waals surface area contributed by atoms with E-state index in [9.17, 15) is 22.8 Å². The highest BCUT2D eigenvalue weighted by Gasteiger charge is 2.20. The van der Waals surface area contributed by atoms with Crippen LogP contribution >= 0.6 is 0 Å². The highest BCUT2D eigenvalue weighted by atomic mass is 19.2. The monoisotopic (exact) mass is 474 g/mol. The Hall–Kier alpha value is -4.59. The molecule has 0 unspecified atom stereocenters. The number of fused-ring (bicyclic) bond motifs is 1. The summed E-state index contributed by atoms with van der Waals surface area (Å²) in [5, 5.41) is 2.73. The number of rotatable bonds is 4. The van der Waals surface area contributed by atoms with Gasteiger partial charge in [0.15, 0.2) is 17.2 Å².